The van der Waals surface area contributed by atoms with Gasteiger partial charge in [-0.2, -0.15) is 0 Å². The van der Waals surface area contributed by atoms with E-state index in [-0.39, 0.29) is 33.2 Å². The first-order valence-electron chi connectivity index (χ1n) is 8.28. The Morgan fingerprint density at radius 2 is 1.79 bits per heavy atom. The minimum absolute atomic E-state index is 0.0567. The van der Waals surface area contributed by atoms with E-state index in [4.69, 9.17) is 0 Å². The average molecular weight is 394 g/mol. The highest BCUT2D eigenvalue weighted by Crippen LogP contribution is 2.34. The predicted molar refractivity (Wildman–Crippen MR) is 99.5 cm³/mol. The third kappa shape index (κ3) is 3.12. The largest absolute Gasteiger partial charge is 0.348 e. The van der Waals surface area contributed by atoms with Gasteiger partial charge in [-0.3, -0.25) is 9.59 Å². The molecule has 0 saturated heterocycles. The molecule has 28 heavy (non-hydrogen) atoms. The number of carbonyl (C=O) groups is 2. The van der Waals surface area contributed by atoms with Gasteiger partial charge in [-0.25, -0.2) is 18.4 Å². The number of rotatable bonds is 3. The molecule has 0 radical (unpaired) electrons. The molecular formula is C19H14N4O4S. The average Bonchev–Trinajstić information content (AvgIpc) is 2.80. The van der Waals surface area contributed by atoms with Gasteiger partial charge in [0.1, 0.15) is 6.33 Å². The lowest BCUT2D eigenvalue weighted by atomic mass is 10.1. The van der Waals surface area contributed by atoms with Crippen LogP contribution in [0.1, 0.15) is 26.3 Å². The second-order valence-electron chi connectivity index (χ2n) is 6.09. The van der Waals surface area contributed by atoms with E-state index in [1.807, 2.05) is 0 Å². The quantitative estimate of drug-likeness (QED) is 0.699. The third-order valence-electron chi connectivity index (χ3n) is 4.27. The Labute approximate surface area is 160 Å². The van der Waals surface area contributed by atoms with Gasteiger partial charge in [0.05, 0.1) is 21.0 Å². The standard InChI is InChI=1S/C19H14N4O4S/c24-18(22-10-12-8-20-11-21-9-12)13-5-6-17-15(7-13)23-19(25)14-3-1-2-4-16(14)28(17,26)27/h1-9,11H,10H2,(H,22,24)(H,23,25). The molecule has 2 N–H and O–H groups in total. The first kappa shape index (κ1) is 17.8. The summed E-state index contributed by atoms with van der Waals surface area (Å²) in [5.41, 5.74) is 1.07. The highest BCUT2D eigenvalue weighted by molar-refractivity contribution is 7.91. The molecule has 2 heterocycles. The van der Waals surface area contributed by atoms with Crippen LogP contribution in [0.15, 0.2) is 71.0 Å². The van der Waals surface area contributed by atoms with Crippen molar-refractivity contribution in [3.05, 3.63) is 77.9 Å². The lowest BCUT2D eigenvalue weighted by molar-refractivity contribution is 0.0949. The summed E-state index contributed by atoms with van der Waals surface area (Å²) >= 11 is 0. The van der Waals surface area contributed by atoms with Gasteiger partial charge in [0.2, 0.25) is 9.84 Å². The van der Waals surface area contributed by atoms with Gasteiger partial charge in [0.15, 0.2) is 0 Å². The van der Waals surface area contributed by atoms with Crippen molar-refractivity contribution in [2.24, 2.45) is 0 Å². The summed E-state index contributed by atoms with van der Waals surface area (Å²) in [7, 11) is -3.90. The number of anilines is 1. The Bertz CT molecular complexity index is 1190. The summed E-state index contributed by atoms with van der Waals surface area (Å²) in [4.78, 5) is 32.5. The molecule has 0 atom stereocenters. The summed E-state index contributed by atoms with van der Waals surface area (Å²) in [6.45, 7) is 0.215. The Morgan fingerprint density at radius 1 is 1.04 bits per heavy atom. The minimum Gasteiger partial charge on any atom is -0.348 e. The number of amides is 2. The van der Waals surface area contributed by atoms with Crippen LogP contribution in [-0.2, 0) is 16.4 Å². The van der Waals surface area contributed by atoms with Crippen molar-refractivity contribution in [1.82, 2.24) is 15.3 Å². The molecule has 0 saturated carbocycles. The summed E-state index contributed by atoms with van der Waals surface area (Å²) in [5.74, 6) is -0.961. The monoisotopic (exact) mass is 394 g/mol. The Morgan fingerprint density at radius 3 is 2.57 bits per heavy atom. The van der Waals surface area contributed by atoms with E-state index in [1.165, 1.54) is 36.7 Å². The number of nitrogens with one attached hydrogen (secondary N) is 2. The summed E-state index contributed by atoms with van der Waals surface area (Å²) in [6, 6.07) is 10.1. The molecule has 4 rings (SSSR count). The van der Waals surface area contributed by atoms with Gasteiger partial charge >= 0.3 is 0 Å². The highest BCUT2D eigenvalue weighted by Gasteiger charge is 2.31. The Hall–Kier alpha value is -3.59. The number of sulfone groups is 1. The van der Waals surface area contributed by atoms with Crippen LogP contribution in [0.5, 0.6) is 0 Å². The second-order valence-corrected chi connectivity index (χ2v) is 7.98. The number of hydrogen-bond acceptors (Lipinski definition) is 6. The summed E-state index contributed by atoms with van der Waals surface area (Å²) < 4.78 is 25.9. The predicted octanol–water partition coefficient (Wildman–Crippen LogP) is 1.81. The Balaban J connectivity index is 1.67. The van der Waals surface area contributed by atoms with Gasteiger partial charge in [0, 0.05) is 30.1 Å². The Kier molecular flexibility index (Phi) is 4.36. The van der Waals surface area contributed by atoms with Crippen molar-refractivity contribution < 1.29 is 18.0 Å². The highest BCUT2D eigenvalue weighted by atomic mass is 32.2. The lowest BCUT2D eigenvalue weighted by Crippen LogP contribution is -2.23. The van der Waals surface area contributed by atoms with Crippen molar-refractivity contribution in [3.63, 3.8) is 0 Å². The molecule has 9 heteroatoms. The van der Waals surface area contributed by atoms with Crippen LogP contribution in [0.25, 0.3) is 0 Å². The minimum atomic E-state index is -3.90. The maximum Gasteiger partial charge on any atom is 0.257 e. The zero-order valence-corrected chi connectivity index (χ0v) is 15.2. The van der Waals surface area contributed by atoms with E-state index in [9.17, 15) is 18.0 Å². The van der Waals surface area contributed by atoms with E-state index < -0.39 is 21.7 Å². The van der Waals surface area contributed by atoms with Crippen LogP contribution in [0.2, 0.25) is 0 Å². The van der Waals surface area contributed by atoms with Gasteiger partial charge in [-0.05, 0) is 30.3 Å². The fraction of sp³-hybridized carbons (Fsp3) is 0.0526. The van der Waals surface area contributed by atoms with Crippen LogP contribution >= 0.6 is 0 Å². The molecule has 1 aromatic heterocycles. The van der Waals surface area contributed by atoms with E-state index in [0.717, 1.165) is 5.56 Å². The fourth-order valence-electron chi connectivity index (χ4n) is 2.91. The molecule has 0 aliphatic carbocycles. The van der Waals surface area contributed by atoms with Gasteiger partial charge in [-0.1, -0.05) is 12.1 Å². The molecule has 0 unspecified atom stereocenters. The fourth-order valence-corrected chi connectivity index (χ4v) is 4.50. The van der Waals surface area contributed by atoms with Crippen LogP contribution < -0.4 is 10.6 Å². The number of carbonyl (C=O) groups excluding carboxylic acids is 2. The SMILES string of the molecule is O=C(NCc1cncnc1)c1ccc2c(c1)NC(=O)c1ccccc1S2(=O)=O. The number of aromatic nitrogens is 2. The van der Waals surface area contributed by atoms with Crippen molar-refractivity contribution in [2.45, 2.75) is 16.3 Å². The van der Waals surface area contributed by atoms with Gasteiger partial charge in [0.25, 0.3) is 11.8 Å². The number of benzene rings is 2. The molecule has 1 aliphatic rings. The molecular weight excluding hydrogens is 380 g/mol. The topological polar surface area (TPSA) is 118 Å². The lowest BCUT2D eigenvalue weighted by Gasteiger charge is -2.10. The van der Waals surface area contributed by atoms with E-state index >= 15 is 0 Å². The summed E-state index contributed by atoms with van der Waals surface area (Å²) in [5, 5.41) is 5.29. The van der Waals surface area contributed by atoms with Crippen LogP contribution in [-0.4, -0.2) is 30.2 Å². The van der Waals surface area contributed by atoms with Crippen molar-refractivity contribution >= 4 is 27.3 Å². The van der Waals surface area contributed by atoms with E-state index in [0.29, 0.717) is 0 Å². The summed E-state index contributed by atoms with van der Waals surface area (Å²) in [6.07, 6.45) is 4.54. The first-order chi connectivity index (χ1) is 13.5. The molecule has 2 amide bonds. The second kappa shape index (κ2) is 6.86. The molecule has 8 nitrogen and oxygen atoms in total. The van der Waals surface area contributed by atoms with E-state index in [1.54, 1.807) is 24.5 Å². The van der Waals surface area contributed by atoms with Crippen LogP contribution in [0, 0.1) is 0 Å². The van der Waals surface area contributed by atoms with Crippen LogP contribution in [0.4, 0.5) is 5.69 Å². The maximum atomic E-state index is 12.9. The molecule has 1 aliphatic heterocycles. The van der Waals surface area contributed by atoms with Gasteiger partial charge in [-0.15, -0.1) is 0 Å². The number of hydrogen-bond donors (Lipinski definition) is 2. The van der Waals surface area contributed by atoms with Crippen molar-refractivity contribution in [2.75, 3.05) is 5.32 Å². The molecule has 0 spiro atoms. The first-order valence-corrected chi connectivity index (χ1v) is 9.77. The van der Waals surface area contributed by atoms with Crippen molar-refractivity contribution in [1.29, 1.82) is 0 Å². The van der Waals surface area contributed by atoms with Crippen molar-refractivity contribution in [3.8, 4) is 0 Å². The molecule has 0 bridgehead atoms. The molecule has 0 fully saturated rings. The van der Waals surface area contributed by atoms with E-state index in [2.05, 4.69) is 20.6 Å². The molecule has 140 valence electrons. The number of nitrogens with zero attached hydrogens (tertiary/aromatic N) is 2. The maximum absolute atomic E-state index is 12.9. The zero-order valence-electron chi connectivity index (χ0n) is 14.4. The normalized spacial score (nSPS) is 14.2. The third-order valence-corrected chi connectivity index (χ3v) is 6.14. The molecule has 2 aromatic carbocycles. The number of fused-ring (bicyclic) bond motifs is 2. The zero-order chi connectivity index (χ0) is 19.7. The van der Waals surface area contributed by atoms with Crippen LogP contribution in [0.3, 0.4) is 0 Å². The molecule has 3 aromatic rings. The smallest absolute Gasteiger partial charge is 0.257 e. The van der Waals surface area contributed by atoms with Gasteiger partial charge < -0.3 is 10.6 Å².